The highest BCUT2D eigenvalue weighted by Gasteiger charge is 2.30. The predicted molar refractivity (Wildman–Crippen MR) is 73.8 cm³/mol. The van der Waals surface area contributed by atoms with E-state index >= 15 is 0 Å². The molecule has 0 bridgehead atoms. The summed E-state index contributed by atoms with van der Waals surface area (Å²) in [5.41, 5.74) is 0.101. The third kappa shape index (κ3) is 3.53. The van der Waals surface area contributed by atoms with Gasteiger partial charge in [-0.15, -0.1) is 10.2 Å². The second-order valence-electron chi connectivity index (χ2n) is 4.85. The third-order valence-electron chi connectivity index (χ3n) is 3.11. The van der Waals surface area contributed by atoms with Crippen LogP contribution in [0.15, 0.2) is 48.5 Å². The average molecular weight is 322 g/mol. The lowest BCUT2D eigenvalue weighted by molar-refractivity contribution is -0.137. The van der Waals surface area contributed by atoms with Crippen LogP contribution in [0.5, 0.6) is 0 Å². The highest BCUT2D eigenvalue weighted by Crippen LogP contribution is 2.29. The van der Waals surface area contributed by atoms with E-state index in [9.17, 15) is 17.6 Å². The van der Waals surface area contributed by atoms with Crippen LogP contribution in [-0.4, -0.2) is 20.2 Å². The number of tetrazole rings is 1. The van der Waals surface area contributed by atoms with E-state index in [1.165, 1.54) is 24.3 Å². The van der Waals surface area contributed by atoms with E-state index in [1.54, 1.807) is 12.1 Å². The van der Waals surface area contributed by atoms with Crippen LogP contribution in [0.4, 0.5) is 17.6 Å². The Labute approximate surface area is 128 Å². The van der Waals surface area contributed by atoms with Gasteiger partial charge >= 0.3 is 6.18 Å². The molecule has 0 spiro atoms. The summed E-state index contributed by atoms with van der Waals surface area (Å²) in [6.45, 7) is 0.0340. The fraction of sp³-hybridized carbons (Fsp3) is 0.133. The Morgan fingerprint density at radius 3 is 2.52 bits per heavy atom. The Bertz CT molecular complexity index is 826. The van der Waals surface area contributed by atoms with Gasteiger partial charge in [0.25, 0.3) is 0 Å². The minimum atomic E-state index is -4.40. The molecule has 0 amide bonds. The highest BCUT2D eigenvalue weighted by atomic mass is 19.4. The molecule has 1 aromatic heterocycles. The fourth-order valence-corrected chi connectivity index (χ4v) is 2.06. The van der Waals surface area contributed by atoms with E-state index in [1.807, 2.05) is 0 Å². The van der Waals surface area contributed by atoms with Gasteiger partial charge in [0.1, 0.15) is 5.82 Å². The number of aromatic nitrogens is 4. The summed E-state index contributed by atoms with van der Waals surface area (Å²) < 4.78 is 51.2. The van der Waals surface area contributed by atoms with Crippen LogP contribution in [-0.2, 0) is 12.7 Å². The topological polar surface area (TPSA) is 43.6 Å². The van der Waals surface area contributed by atoms with Crippen LogP contribution in [0.3, 0.4) is 0 Å². The quantitative estimate of drug-likeness (QED) is 0.693. The monoisotopic (exact) mass is 322 g/mol. The number of hydrogen-bond acceptors (Lipinski definition) is 3. The van der Waals surface area contributed by atoms with Crippen molar-refractivity contribution in [2.45, 2.75) is 12.7 Å². The summed E-state index contributed by atoms with van der Waals surface area (Å²) in [6, 6.07) is 10.6. The summed E-state index contributed by atoms with van der Waals surface area (Å²) >= 11 is 0. The molecule has 0 aliphatic heterocycles. The van der Waals surface area contributed by atoms with Crippen molar-refractivity contribution < 1.29 is 17.6 Å². The van der Waals surface area contributed by atoms with Crippen molar-refractivity contribution in [3.8, 4) is 11.4 Å². The van der Waals surface area contributed by atoms with Crippen molar-refractivity contribution in [3.05, 3.63) is 65.5 Å². The molecule has 2 aromatic carbocycles. The van der Waals surface area contributed by atoms with Gasteiger partial charge in [-0.3, -0.25) is 0 Å². The Balaban J connectivity index is 1.82. The zero-order chi connectivity index (χ0) is 16.4. The van der Waals surface area contributed by atoms with Crippen molar-refractivity contribution in [3.63, 3.8) is 0 Å². The fourth-order valence-electron chi connectivity index (χ4n) is 2.06. The number of alkyl halides is 3. The van der Waals surface area contributed by atoms with Crippen LogP contribution < -0.4 is 0 Å². The molecule has 0 aliphatic rings. The van der Waals surface area contributed by atoms with Gasteiger partial charge in [0, 0.05) is 5.56 Å². The molecule has 1 heterocycles. The molecule has 0 aliphatic carbocycles. The van der Waals surface area contributed by atoms with Crippen LogP contribution >= 0.6 is 0 Å². The minimum absolute atomic E-state index is 0.0340. The molecule has 0 atom stereocenters. The number of rotatable bonds is 3. The highest BCUT2D eigenvalue weighted by molar-refractivity contribution is 5.53. The van der Waals surface area contributed by atoms with E-state index in [-0.39, 0.29) is 12.4 Å². The second kappa shape index (κ2) is 5.79. The summed E-state index contributed by atoms with van der Waals surface area (Å²) in [5, 5.41) is 11.6. The Hall–Kier alpha value is -2.77. The Morgan fingerprint density at radius 2 is 1.78 bits per heavy atom. The molecule has 118 valence electrons. The smallest absolute Gasteiger partial charge is 0.207 e. The first-order chi connectivity index (χ1) is 10.9. The van der Waals surface area contributed by atoms with Gasteiger partial charge in [0.15, 0.2) is 0 Å². The number of nitrogens with zero attached hydrogens (tertiary/aromatic N) is 4. The molecule has 0 N–H and O–H groups in total. The summed E-state index contributed by atoms with van der Waals surface area (Å²) in [7, 11) is 0. The van der Waals surface area contributed by atoms with Crippen molar-refractivity contribution in [1.29, 1.82) is 0 Å². The molecule has 8 heteroatoms. The van der Waals surface area contributed by atoms with Crippen LogP contribution in [0, 0.1) is 5.82 Å². The van der Waals surface area contributed by atoms with Crippen molar-refractivity contribution in [2.24, 2.45) is 0 Å². The molecule has 0 saturated heterocycles. The van der Waals surface area contributed by atoms with Gasteiger partial charge in [-0.2, -0.15) is 18.0 Å². The van der Waals surface area contributed by atoms with E-state index < -0.39 is 17.6 Å². The van der Waals surface area contributed by atoms with Crippen molar-refractivity contribution >= 4 is 0 Å². The zero-order valence-corrected chi connectivity index (χ0v) is 11.6. The molecule has 3 aromatic rings. The number of hydrogen-bond donors (Lipinski definition) is 0. The lowest BCUT2D eigenvalue weighted by Gasteiger charge is -2.08. The van der Waals surface area contributed by atoms with Gasteiger partial charge in [-0.25, -0.2) is 4.39 Å². The third-order valence-corrected chi connectivity index (χ3v) is 3.11. The first-order valence-corrected chi connectivity index (χ1v) is 6.62. The Morgan fingerprint density at radius 1 is 1.00 bits per heavy atom. The number of benzene rings is 2. The average Bonchev–Trinajstić information content (AvgIpc) is 2.95. The van der Waals surface area contributed by atoms with Gasteiger partial charge in [-0.05, 0) is 35.0 Å². The van der Waals surface area contributed by atoms with E-state index in [0.29, 0.717) is 11.1 Å². The minimum Gasteiger partial charge on any atom is -0.207 e. The van der Waals surface area contributed by atoms with E-state index in [2.05, 4.69) is 15.4 Å². The summed E-state index contributed by atoms with van der Waals surface area (Å²) in [5.74, 6) is -0.229. The van der Waals surface area contributed by atoms with Crippen LogP contribution in [0.25, 0.3) is 11.4 Å². The lowest BCUT2D eigenvalue weighted by Crippen LogP contribution is -2.08. The van der Waals surface area contributed by atoms with Crippen molar-refractivity contribution in [2.75, 3.05) is 0 Å². The van der Waals surface area contributed by atoms with Gasteiger partial charge in [0.05, 0.1) is 12.1 Å². The first-order valence-electron chi connectivity index (χ1n) is 6.62. The molecule has 3 rings (SSSR count). The zero-order valence-electron chi connectivity index (χ0n) is 11.6. The molecule has 23 heavy (non-hydrogen) atoms. The molecular formula is C15H10F4N4. The standard InChI is InChI=1S/C15H10F4N4/c16-13-6-2-4-11(8-13)14-20-22-23(21-14)9-10-3-1-5-12(7-10)15(17,18)19/h1-8H,9H2. The summed E-state index contributed by atoms with van der Waals surface area (Å²) in [6.07, 6.45) is -4.40. The van der Waals surface area contributed by atoms with Crippen molar-refractivity contribution in [1.82, 2.24) is 20.2 Å². The van der Waals surface area contributed by atoms with Crippen LogP contribution in [0.1, 0.15) is 11.1 Å². The van der Waals surface area contributed by atoms with E-state index in [0.717, 1.165) is 16.9 Å². The first kappa shape index (κ1) is 15.1. The molecule has 4 nitrogen and oxygen atoms in total. The normalized spacial score (nSPS) is 11.7. The number of halogens is 4. The van der Waals surface area contributed by atoms with Gasteiger partial charge in [-0.1, -0.05) is 24.3 Å². The largest absolute Gasteiger partial charge is 0.416 e. The second-order valence-corrected chi connectivity index (χ2v) is 4.85. The molecule has 0 fully saturated rings. The summed E-state index contributed by atoms with van der Waals surface area (Å²) in [4.78, 5) is 1.16. The maximum absolute atomic E-state index is 13.2. The molecule has 0 unspecified atom stereocenters. The van der Waals surface area contributed by atoms with Crippen LogP contribution in [0.2, 0.25) is 0 Å². The maximum Gasteiger partial charge on any atom is 0.416 e. The molecule has 0 radical (unpaired) electrons. The Kier molecular flexibility index (Phi) is 3.81. The maximum atomic E-state index is 13.2. The SMILES string of the molecule is Fc1cccc(-c2nnn(Cc3cccc(C(F)(F)F)c3)n2)c1. The lowest BCUT2D eigenvalue weighted by atomic mass is 10.1. The molecule has 0 saturated carbocycles. The van der Waals surface area contributed by atoms with Gasteiger partial charge in [0.2, 0.25) is 5.82 Å². The van der Waals surface area contributed by atoms with Gasteiger partial charge < -0.3 is 0 Å². The van der Waals surface area contributed by atoms with E-state index in [4.69, 9.17) is 0 Å². The molecular weight excluding hydrogens is 312 g/mol. The predicted octanol–water partition coefficient (Wildman–Crippen LogP) is 3.55.